The molecule has 2 N–H and O–H groups in total. The summed E-state index contributed by atoms with van der Waals surface area (Å²) in [5, 5.41) is 0. The highest BCUT2D eigenvalue weighted by atomic mass is 79.9. The molecule has 1 aromatic carbocycles. The second-order valence-electron chi connectivity index (χ2n) is 4.05. The van der Waals surface area contributed by atoms with Crippen molar-refractivity contribution in [3.8, 4) is 0 Å². The number of benzene rings is 1. The molecule has 0 radical (unpaired) electrons. The molecular formula is C12H12BrF2N3. The summed E-state index contributed by atoms with van der Waals surface area (Å²) in [5.41, 5.74) is 5.75. The number of imidazole rings is 1. The average molecular weight is 316 g/mol. The third-order valence-electron chi connectivity index (χ3n) is 2.74. The van der Waals surface area contributed by atoms with Crippen LogP contribution in [0.1, 0.15) is 17.4 Å². The Bertz CT molecular complexity index is 545. The zero-order valence-electron chi connectivity index (χ0n) is 9.70. The van der Waals surface area contributed by atoms with Crippen LogP contribution in [0.4, 0.5) is 8.78 Å². The molecule has 2 rings (SSSR count). The summed E-state index contributed by atoms with van der Waals surface area (Å²) in [5.74, 6) is -0.614. The molecule has 0 bridgehead atoms. The van der Waals surface area contributed by atoms with Crippen molar-refractivity contribution in [1.82, 2.24) is 9.55 Å². The summed E-state index contributed by atoms with van der Waals surface area (Å²) in [4.78, 5) is 4.09. The first-order chi connectivity index (χ1) is 8.49. The molecule has 1 atom stereocenters. The van der Waals surface area contributed by atoms with Gasteiger partial charge in [-0.1, -0.05) is 15.9 Å². The van der Waals surface area contributed by atoms with Gasteiger partial charge in [-0.05, 0) is 12.1 Å². The Morgan fingerprint density at radius 3 is 2.50 bits per heavy atom. The molecule has 0 amide bonds. The van der Waals surface area contributed by atoms with E-state index in [1.54, 1.807) is 17.0 Å². The van der Waals surface area contributed by atoms with Gasteiger partial charge in [-0.3, -0.25) is 0 Å². The van der Waals surface area contributed by atoms with Crippen LogP contribution in [0, 0.1) is 11.6 Å². The molecule has 96 valence electrons. The molecule has 0 aliphatic carbocycles. The average Bonchev–Trinajstić information content (AvgIpc) is 2.62. The summed E-state index contributed by atoms with van der Waals surface area (Å²) < 4.78 is 29.6. The number of aromatic nitrogens is 2. The van der Waals surface area contributed by atoms with E-state index < -0.39 is 17.7 Å². The van der Waals surface area contributed by atoms with Gasteiger partial charge < -0.3 is 10.3 Å². The summed E-state index contributed by atoms with van der Waals surface area (Å²) in [7, 11) is 1.81. The molecule has 0 saturated carbocycles. The maximum absolute atomic E-state index is 13.7. The van der Waals surface area contributed by atoms with E-state index in [0.717, 1.165) is 0 Å². The first-order valence-corrected chi connectivity index (χ1v) is 6.14. The van der Waals surface area contributed by atoms with Crippen molar-refractivity contribution < 1.29 is 8.78 Å². The predicted molar refractivity (Wildman–Crippen MR) is 67.9 cm³/mol. The van der Waals surface area contributed by atoms with Crippen molar-refractivity contribution in [2.75, 3.05) is 0 Å². The Morgan fingerprint density at radius 2 is 2.00 bits per heavy atom. The van der Waals surface area contributed by atoms with Crippen LogP contribution in [0.5, 0.6) is 0 Å². The summed E-state index contributed by atoms with van der Waals surface area (Å²) >= 11 is 3.03. The van der Waals surface area contributed by atoms with Gasteiger partial charge in [0.05, 0.1) is 0 Å². The molecule has 0 spiro atoms. The van der Waals surface area contributed by atoms with Gasteiger partial charge in [0, 0.05) is 41.9 Å². The Balaban J connectivity index is 2.29. The lowest BCUT2D eigenvalue weighted by atomic mass is 10.0. The predicted octanol–water partition coefficient (Wildman–Crippen LogP) is 2.70. The van der Waals surface area contributed by atoms with Crippen LogP contribution >= 0.6 is 15.9 Å². The molecule has 18 heavy (non-hydrogen) atoms. The molecule has 3 nitrogen and oxygen atoms in total. The number of nitrogens with two attached hydrogens (primary N) is 1. The van der Waals surface area contributed by atoms with Gasteiger partial charge in [0.2, 0.25) is 0 Å². The molecular weight excluding hydrogens is 304 g/mol. The molecule has 0 aliphatic heterocycles. The van der Waals surface area contributed by atoms with E-state index >= 15 is 0 Å². The van der Waals surface area contributed by atoms with E-state index in [2.05, 4.69) is 20.9 Å². The summed E-state index contributed by atoms with van der Waals surface area (Å²) in [6, 6.07) is 1.65. The smallest absolute Gasteiger partial charge is 0.132 e. The summed E-state index contributed by atoms with van der Waals surface area (Å²) in [6.07, 6.45) is 3.66. The topological polar surface area (TPSA) is 43.8 Å². The zero-order valence-corrected chi connectivity index (χ0v) is 11.3. The monoisotopic (exact) mass is 315 g/mol. The van der Waals surface area contributed by atoms with Crippen LogP contribution in [-0.2, 0) is 13.5 Å². The lowest BCUT2D eigenvalue weighted by molar-refractivity contribution is 0.517. The summed E-state index contributed by atoms with van der Waals surface area (Å²) in [6.45, 7) is 0. The lowest BCUT2D eigenvalue weighted by Gasteiger charge is -2.14. The van der Waals surface area contributed by atoms with Gasteiger partial charge in [-0.2, -0.15) is 0 Å². The normalized spacial score (nSPS) is 12.7. The molecule has 1 aromatic heterocycles. The first-order valence-electron chi connectivity index (χ1n) is 5.35. The van der Waals surface area contributed by atoms with Gasteiger partial charge in [0.25, 0.3) is 0 Å². The van der Waals surface area contributed by atoms with Gasteiger partial charge in [0.15, 0.2) is 0 Å². The Hall–Kier alpha value is -1.27. The first kappa shape index (κ1) is 13.2. The van der Waals surface area contributed by atoms with E-state index in [9.17, 15) is 8.78 Å². The number of rotatable bonds is 3. The van der Waals surface area contributed by atoms with Crippen LogP contribution in [0.3, 0.4) is 0 Å². The van der Waals surface area contributed by atoms with Crippen LogP contribution in [0.15, 0.2) is 29.0 Å². The van der Waals surface area contributed by atoms with E-state index in [1.807, 2.05) is 7.05 Å². The third kappa shape index (κ3) is 2.59. The number of aryl methyl sites for hydroxylation is 1. The minimum absolute atomic E-state index is 0.110. The SMILES string of the molecule is Cn1ccnc1CC(N)c1c(F)cc(Br)cc1F. The molecule has 0 saturated heterocycles. The van der Waals surface area contributed by atoms with E-state index in [4.69, 9.17) is 5.73 Å². The second kappa shape index (κ2) is 5.16. The Kier molecular flexibility index (Phi) is 3.77. The van der Waals surface area contributed by atoms with E-state index in [-0.39, 0.29) is 12.0 Å². The fourth-order valence-corrected chi connectivity index (χ4v) is 2.20. The van der Waals surface area contributed by atoms with Crippen molar-refractivity contribution in [3.05, 3.63) is 52.0 Å². The fraction of sp³-hybridized carbons (Fsp3) is 0.250. The lowest BCUT2D eigenvalue weighted by Crippen LogP contribution is -2.18. The highest BCUT2D eigenvalue weighted by molar-refractivity contribution is 9.10. The minimum Gasteiger partial charge on any atom is -0.338 e. The highest BCUT2D eigenvalue weighted by Crippen LogP contribution is 2.25. The number of nitrogens with zero attached hydrogens (tertiary/aromatic N) is 2. The van der Waals surface area contributed by atoms with Gasteiger partial charge >= 0.3 is 0 Å². The van der Waals surface area contributed by atoms with Crippen molar-refractivity contribution in [1.29, 1.82) is 0 Å². The largest absolute Gasteiger partial charge is 0.338 e. The molecule has 0 fully saturated rings. The standard InChI is InChI=1S/C12H12BrF2N3/c1-18-3-2-17-11(18)6-10(16)12-8(14)4-7(13)5-9(12)15/h2-5,10H,6,16H2,1H3. The van der Waals surface area contributed by atoms with Gasteiger partial charge in [-0.25, -0.2) is 13.8 Å². The second-order valence-corrected chi connectivity index (χ2v) is 4.96. The van der Waals surface area contributed by atoms with Crippen molar-refractivity contribution >= 4 is 15.9 Å². The fourth-order valence-electron chi connectivity index (χ4n) is 1.80. The van der Waals surface area contributed by atoms with Crippen molar-refractivity contribution in [3.63, 3.8) is 0 Å². The van der Waals surface area contributed by atoms with Gasteiger partial charge in [0.1, 0.15) is 17.5 Å². The van der Waals surface area contributed by atoms with Crippen molar-refractivity contribution in [2.24, 2.45) is 12.8 Å². The van der Waals surface area contributed by atoms with E-state index in [0.29, 0.717) is 10.3 Å². The molecule has 1 unspecified atom stereocenters. The Morgan fingerprint density at radius 1 is 1.39 bits per heavy atom. The number of hydrogen-bond donors (Lipinski definition) is 1. The van der Waals surface area contributed by atoms with Crippen LogP contribution in [0.2, 0.25) is 0 Å². The maximum Gasteiger partial charge on any atom is 0.132 e. The Labute approximate surface area is 112 Å². The molecule has 6 heteroatoms. The van der Waals surface area contributed by atoms with Crippen LogP contribution < -0.4 is 5.73 Å². The van der Waals surface area contributed by atoms with Crippen LogP contribution in [-0.4, -0.2) is 9.55 Å². The molecule has 2 aromatic rings. The van der Waals surface area contributed by atoms with Crippen molar-refractivity contribution in [2.45, 2.75) is 12.5 Å². The quantitative estimate of drug-likeness (QED) is 0.946. The number of hydrogen-bond acceptors (Lipinski definition) is 2. The molecule has 0 aliphatic rings. The number of halogens is 3. The highest BCUT2D eigenvalue weighted by Gasteiger charge is 2.19. The minimum atomic E-state index is -0.765. The van der Waals surface area contributed by atoms with Gasteiger partial charge in [-0.15, -0.1) is 0 Å². The maximum atomic E-state index is 13.7. The third-order valence-corrected chi connectivity index (χ3v) is 3.20. The molecule has 1 heterocycles. The zero-order chi connectivity index (χ0) is 13.3. The van der Waals surface area contributed by atoms with Crippen LogP contribution in [0.25, 0.3) is 0 Å². The van der Waals surface area contributed by atoms with E-state index in [1.165, 1.54) is 12.1 Å².